The second kappa shape index (κ2) is 10.5. The van der Waals surface area contributed by atoms with E-state index in [4.69, 9.17) is 11.6 Å². The van der Waals surface area contributed by atoms with Crippen LogP contribution in [0.15, 0.2) is 64.8 Å². The summed E-state index contributed by atoms with van der Waals surface area (Å²) in [4.78, 5) is 79.2. The molecule has 1 aliphatic heterocycles. The summed E-state index contributed by atoms with van der Waals surface area (Å²) >= 11 is 6.56. The van der Waals surface area contributed by atoms with Gasteiger partial charge >= 0.3 is 11.4 Å². The third kappa shape index (κ3) is 4.45. The maximum absolute atomic E-state index is 14.2. The molecule has 2 aromatic rings. The third-order valence-corrected chi connectivity index (χ3v) is 9.34. The van der Waals surface area contributed by atoms with Gasteiger partial charge in [0.25, 0.3) is 0 Å². The molecule has 2 amide bonds. The van der Waals surface area contributed by atoms with Crippen molar-refractivity contribution in [3.63, 3.8) is 0 Å². The number of benzene rings is 2. The van der Waals surface area contributed by atoms with Crippen LogP contribution in [0.25, 0.3) is 0 Å². The maximum Gasteiger partial charge on any atom is 0.301 e. The van der Waals surface area contributed by atoms with Gasteiger partial charge in [0.2, 0.25) is 11.8 Å². The minimum Gasteiger partial charge on any atom is -0.508 e. The van der Waals surface area contributed by atoms with E-state index in [0.717, 1.165) is 17.0 Å². The Labute approximate surface area is 260 Å². The van der Waals surface area contributed by atoms with Crippen molar-refractivity contribution in [2.75, 3.05) is 23.9 Å². The fraction of sp³-hybridized carbons (Fsp3) is 0.290. The van der Waals surface area contributed by atoms with Gasteiger partial charge in [-0.05, 0) is 49.5 Å². The molecule has 1 saturated heterocycles. The monoisotopic (exact) mass is 632 g/mol. The van der Waals surface area contributed by atoms with E-state index in [9.17, 15) is 44.5 Å². The molecule has 0 bridgehead atoms. The fourth-order valence-electron chi connectivity index (χ4n) is 7.20. The number of hydrogen-bond acceptors (Lipinski definition) is 10. The van der Waals surface area contributed by atoms with Crippen molar-refractivity contribution in [1.29, 1.82) is 0 Å². The predicted octanol–water partition coefficient (Wildman–Crippen LogP) is 4.56. The predicted molar refractivity (Wildman–Crippen MR) is 161 cm³/mol. The quantitative estimate of drug-likeness (QED) is 0.161. The minimum absolute atomic E-state index is 0.0169. The summed E-state index contributed by atoms with van der Waals surface area (Å²) < 4.78 is 0. The lowest BCUT2D eigenvalue weighted by molar-refractivity contribution is -0.392. The smallest absolute Gasteiger partial charge is 0.301 e. The normalized spacial score (nSPS) is 24.1. The molecule has 1 heterocycles. The average Bonchev–Trinajstić information content (AvgIpc) is 3.23. The van der Waals surface area contributed by atoms with Crippen LogP contribution in [0.3, 0.4) is 0 Å². The number of phenols is 1. The lowest BCUT2D eigenvalue weighted by Crippen LogP contribution is -2.39. The number of Topliss-reactive ketones (excluding diaryl/α,β-unsaturated/α-hetero) is 1. The molecule has 0 spiro atoms. The first-order valence-electron chi connectivity index (χ1n) is 13.9. The molecule has 14 heteroatoms. The van der Waals surface area contributed by atoms with E-state index in [-0.39, 0.29) is 63.3 Å². The number of anilines is 2. The van der Waals surface area contributed by atoms with Gasteiger partial charge in [0.15, 0.2) is 17.3 Å². The van der Waals surface area contributed by atoms with Gasteiger partial charge in [-0.15, -0.1) is 0 Å². The summed E-state index contributed by atoms with van der Waals surface area (Å²) in [5, 5.41) is 34.1. The molecule has 4 unspecified atom stereocenters. The van der Waals surface area contributed by atoms with Crippen LogP contribution in [0.5, 0.6) is 5.75 Å². The Morgan fingerprint density at radius 1 is 0.978 bits per heavy atom. The number of carbonyl (C=O) groups excluding carboxylic acids is 4. The maximum atomic E-state index is 14.2. The molecule has 4 atom stereocenters. The minimum atomic E-state index is -1.02. The van der Waals surface area contributed by atoms with Crippen molar-refractivity contribution in [2.45, 2.75) is 25.7 Å². The van der Waals surface area contributed by atoms with Gasteiger partial charge in [-0.3, -0.25) is 39.4 Å². The highest BCUT2D eigenvalue weighted by molar-refractivity contribution is 6.32. The molecule has 0 radical (unpaired) electrons. The number of carbonyl (C=O) groups is 4. The lowest BCUT2D eigenvalue weighted by Gasteiger charge is -2.42. The van der Waals surface area contributed by atoms with E-state index in [1.165, 1.54) is 44.1 Å². The first-order chi connectivity index (χ1) is 21.2. The van der Waals surface area contributed by atoms with Crippen molar-refractivity contribution in [1.82, 2.24) is 0 Å². The number of nitro groups is 2. The van der Waals surface area contributed by atoms with Crippen LogP contribution in [-0.2, 0) is 19.2 Å². The molecular formula is C31H25ClN4O9. The van der Waals surface area contributed by atoms with Crippen LogP contribution in [0.4, 0.5) is 22.7 Å². The molecule has 13 nitrogen and oxygen atoms in total. The molecular weight excluding hydrogens is 608 g/mol. The zero-order valence-corrected chi connectivity index (χ0v) is 24.9. The first-order valence-corrected chi connectivity index (χ1v) is 14.3. The number of ketones is 2. The molecule has 6 rings (SSSR count). The Balaban J connectivity index is 1.49. The van der Waals surface area contributed by atoms with Crippen LogP contribution >= 0.6 is 11.6 Å². The van der Waals surface area contributed by atoms with Crippen LogP contribution < -0.4 is 9.80 Å². The van der Waals surface area contributed by atoms with Crippen molar-refractivity contribution in [2.24, 2.45) is 17.8 Å². The number of phenolic OH excluding ortho intramolecular Hbond substituents is 1. The van der Waals surface area contributed by atoms with Gasteiger partial charge in [0.1, 0.15) is 5.75 Å². The number of nitro benzene ring substituents is 2. The molecule has 2 aromatic carbocycles. The van der Waals surface area contributed by atoms with E-state index in [0.29, 0.717) is 11.1 Å². The summed E-state index contributed by atoms with van der Waals surface area (Å²) in [6.07, 6.45) is 3.08. The number of imide groups is 1. The van der Waals surface area contributed by atoms with Gasteiger partial charge in [0.05, 0.1) is 27.4 Å². The molecule has 1 fully saturated rings. The Morgan fingerprint density at radius 3 is 2.20 bits per heavy atom. The zero-order valence-electron chi connectivity index (χ0n) is 24.1. The van der Waals surface area contributed by atoms with Crippen LogP contribution in [-0.4, -0.2) is 52.4 Å². The number of amides is 2. The summed E-state index contributed by atoms with van der Waals surface area (Å²) in [6, 6.07) is 6.20. The zero-order chi connectivity index (χ0) is 32.6. The number of aromatic hydroxyl groups is 1. The molecule has 230 valence electrons. The molecule has 4 aliphatic rings. The molecule has 0 saturated carbocycles. The van der Waals surface area contributed by atoms with Crippen molar-refractivity contribution < 1.29 is 34.1 Å². The van der Waals surface area contributed by atoms with Gasteiger partial charge in [-0.1, -0.05) is 29.3 Å². The van der Waals surface area contributed by atoms with Crippen molar-refractivity contribution >= 4 is 57.7 Å². The number of fused-ring (bicyclic) bond motifs is 3. The number of allylic oxidation sites excluding steroid dienone is 6. The first kappa shape index (κ1) is 29.9. The van der Waals surface area contributed by atoms with E-state index in [2.05, 4.69) is 0 Å². The van der Waals surface area contributed by atoms with Crippen LogP contribution in [0.2, 0.25) is 5.02 Å². The van der Waals surface area contributed by atoms with Crippen LogP contribution in [0.1, 0.15) is 31.2 Å². The Hall–Kier alpha value is -5.17. The van der Waals surface area contributed by atoms with Gasteiger partial charge < -0.3 is 10.0 Å². The Kier molecular flexibility index (Phi) is 6.96. The second-order valence-corrected chi connectivity index (χ2v) is 12.1. The average molecular weight is 633 g/mol. The van der Waals surface area contributed by atoms with E-state index >= 15 is 0 Å². The van der Waals surface area contributed by atoms with Crippen LogP contribution in [0, 0.1) is 38.0 Å². The summed E-state index contributed by atoms with van der Waals surface area (Å²) in [5.41, 5.74) is -0.201. The highest BCUT2D eigenvalue weighted by Crippen LogP contribution is 2.56. The molecule has 3 aliphatic carbocycles. The fourth-order valence-corrected chi connectivity index (χ4v) is 7.48. The van der Waals surface area contributed by atoms with Crippen molar-refractivity contribution in [3.05, 3.63) is 95.6 Å². The largest absolute Gasteiger partial charge is 0.508 e. The second-order valence-electron chi connectivity index (χ2n) is 11.7. The number of nitrogens with zero attached hydrogens (tertiary/aromatic N) is 4. The van der Waals surface area contributed by atoms with Gasteiger partial charge in [-0.2, -0.15) is 0 Å². The summed E-state index contributed by atoms with van der Waals surface area (Å²) in [6.45, 7) is 1.52. The Morgan fingerprint density at radius 2 is 1.62 bits per heavy atom. The third-order valence-electron chi connectivity index (χ3n) is 9.01. The van der Waals surface area contributed by atoms with Crippen molar-refractivity contribution in [3.8, 4) is 5.75 Å². The number of hydrogen-bond donors (Lipinski definition) is 1. The lowest BCUT2D eigenvalue weighted by atomic mass is 9.59. The highest BCUT2D eigenvalue weighted by Gasteiger charge is 2.57. The standard InChI is InChI=1S/C31H25ClN4O9/c1-13-8-24(38)27-20(29(13)39)12-19-16(25(27)17-5-4-15(37)11-21(17)32)6-7-18-26(19)31(41)34(30(18)40)14-9-22(35(42)43)28(33(2)3)23(10-14)36(44)45/h4-6,8-11,18-19,25-26,37H,7,12H2,1-3H3. The van der Waals surface area contributed by atoms with E-state index in [1.54, 1.807) is 12.1 Å². The van der Waals surface area contributed by atoms with E-state index in [1.807, 2.05) is 0 Å². The van der Waals surface area contributed by atoms with Gasteiger partial charge in [-0.25, -0.2) is 4.90 Å². The number of rotatable bonds is 5. The molecule has 45 heavy (non-hydrogen) atoms. The highest BCUT2D eigenvalue weighted by atomic mass is 35.5. The SMILES string of the molecule is CC1=CC(=O)C2=C(CC3C(=CCC4C(=O)N(c5cc([N+](=O)[O-])c(N(C)C)c([N+](=O)[O-])c5)C(=O)C43)C2c2ccc(O)cc2Cl)C1=O. The number of halogens is 1. The Bertz CT molecular complexity index is 1860. The summed E-state index contributed by atoms with van der Waals surface area (Å²) in [5.74, 6) is -5.77. The molecule has 0 aromatic heterocycles. The summed E-state index contributed by atoms with van der Waals surface area (Å²) in [7, 11) is 2.81. The van der Waals surface area contributed by atoms with E-state index < -0.39 is 56.7 Å². The topological polar surface area (TPSA) is 181 Å². The van der Waals surface area contributed by atoms with Gasteiger partial charge in [0, 0.05) is 53.9 Å². The molecule has 1 N–H and O–H groups in total.